The summed E-state index contributed by atoms with van der Waals surface area (Å²) in [4.78, 5) is 36.8. The molecule has 29 heavy (non-hydrogen) atoms. The van der Waals surface area contributed by atoms with Crippen LogP contribution in [0.3, 0.4) is 0 Å². The third kappa shape index (κ3) is 7.25. The zero-order valence-electron chi connectivity index (χ0n) is 16.7. The van der Waals surface area contributed by atoms with Crippen molar-refractivity contribution in [3.05, 3.63) is 53.4 Å². The summed E-state index contributed by atoms with van der Waals surface area (Å²) >= 11 is 0. The maximum Gasteiger partial charge on any atom is 0.355 e. The molecule has 2 N–H and O–H groups in total. The van der Waals surface area contributed by atoms with Crippen molar-refractivity contribution in [2.45, 2.75) is 46.1 Å². The van der Waals surface area contributed by atoms with Crippen LogP contribution < -0.4 is 10.6 Å². The van der Waals surface area contributed by atoms with E-state index in [1.165, 1.54) is 13.0 Å². The lowest BCUT2D eigenvalue weighted by molar-refractivity contribution is -0.151. The molecule has 154 valence electrons. The number of unbranched alkanes of at least 4 members (excludes halogenated alkanes) is 1. The van der Waals surface area contributed by atoms with Gasteiger partial charge in [-0.25, -0.2) is 4.79 Å². The Morgan fingerprint density at radius 1 is 1.24 bits per heavy atom. The van der Waals surface area contributed by atoms with Crippen LogP contribution in [0.5, 0.6) is 0 Å². The molecule has 0 saturated heterocycles. The molecule has 1 atom stereocenters. The molecule has 2 amide bonds. The van der Waals surface area contributed by atoms with E-state index in [-0.39, 0.29) is 11.5 Å². The standard InChI is InChI=1S/C21H25N3O5/c1-4-5-11-18(20(26)23-19-12-14(2)29-24-19)28-21(27)17(22-15(3)25)13-16-9-7-6-8-10-16/h6-10,12-13,18H,4-5,11H2,1-3H3,(H,22,25)(H,23,24,26)/b17-13-. The molecule has 0 radical (unpaired) electrons. The van der Waals surface area contributed by atoms with Crippen molar-refractivity contribution < 1.29 is 23.6 Å². The predicted octanol–water partition coefficient (Wildman–Crippen LogP) is 3.20. The van der Waals surface area contributed by atoms with Crippen LogP contribution in [-0.2, 0) is 19.1 Å². The molecule has 0 aliphatic carbocycles. The largest absolute Gasteiger partial charge is 0.448 e. The van der Waals surface area contributed by atoms with Crippen LogP contribution in [0.15, 0.2) is 46.6 Å². The topological polar surface area (TPSA) is 111 Å². The molecule has 0 aliphatic rings. The van der Waals surface area contributed by atoms with Crippen molar-refractivity contribution in [2.75, 3.05) is 5.32 Å². The van der Waals surface area contributed by atoms with Gasteiger partial charge in [0.05, 0.1) is 0 Å². The molecule has 1 unspecified atom stereocenters. The van der Waals surface area contributed by atoms with E-state index in [4.69, 9.17) is 9.26 Å². The van der Waals surface area contributed by atoms with Crippen molar-refractivity contribution >= 4 is 29.7 Å². The van der Waals surface area contributed by atoms with Crippen LogP contribution in [-0.4, -0.2) is 29.0 Å². The lowest BCUT2D eigenvalue weighted by Crippen LogP contribution is -2.35. The molecule has 0 spiro atoms. The molecular formula is C21H25N3O5. The van der Waals surface area contributed by atoms with E-state index in [2.05, 4.69) is 15.8 Å². The first-order valence-electron chi connectivity index (χ1n) is 9.38. The number of rotatable bonds is 9. The van der Waals surface area contributed by atoms with Crippen LogP contribution in [0, 0.1) is 6.92 Å². The van der Waals surface area contributed by atoms with Gasteiger partial charge in [-0.15, -0.1) is 0 Å². The summed E-state index contributed by atoms with van der Waals surface area (Å²) in [5, 5.41) is 8.76. The minimum atomic E-state index is -1.03. The first-order valence-corrected chi connectivity index (χ1v) is 9.38. The highest BCUT2D eigenvalue weighted by Gasteiger charge is 2.25. The Labute approximate surface area is 169 Å². The maximum absolute atomic E-state index is 12.7. The summed E-state index contributed by atoms with van der Waals surface area (Å²) < 4.78 is 10.4. The molecule has 0 bridgehead atoms. The molecule has 0 fully saturated rings. The lowest BCUT2D eigenvalue weighted by Gasteiger charge is -2.18. The molecular weight excluding hydrogens is 374 g/mol. The zero-order valence-corrected chi connectivity index (χ0v) is 16.7. The molecule has 0 saturated carbocycles. The van der Waals surface area contributed by atoms with E-state index in [1.54, 1.807) is 37.3 Å². The maximum atomic E-state index is 12.7. The fourth-order valence-electron chi connectivity index (χ4n) is 2.51. The van der Waals surface area contributed by atoms with Crippen molar-refractivity contribution in [2.24, 2.45) is 0 Å². The van der Waals surface area contributed by atoms with Crippen molar-refractivity contribution in [1.82, 2.24) is 10.5 Å². The van der Waals surface area contributed by atoms with Crippen LogP contribution in [0.2, 0.25) is 0 Å². The number of anilines is 1. The summed E-state index contributed by atoms with van der Waals surface area (Å²) in [6.45, 7) is 4.96. The van der Waals surface area contributed by atoms with Gasteiger partial charge in [-0.2, -0.15) is 0 Å². The van der Waals surface area contributed by atoms with Crippen LogP contribution in [0.1, 0.15) is 44.4 Å². The highest BCUT2D eigenvalue weighted by molar-refractivity contribution is 6.00. The van der Waals surface area contributed by atoms with Gasteiger partial charge in [0.1, 0.15) is 11.5 Å². The first kappa shape index (κ1) is 21.9. The number of carbonyl (C=O) groups is 3. The van der Waals surface area contributed by atoms with E-state index >= 15 is 0 Å². The van der Waals surface area contributed by atoms with E-state index in [0.29, 0.717) is 24.2 Å². The number of ether oxygens (including phenoxy) is 1. The average Bonchev–Trinajstić information content (AvgIpc) is 3.09. The fourth-order valence-corrected chi connectivity index (χ4v) is 2.51. The van der Waals surface area contributed by atoms with E-state index in [1.807, 2.05) is 13.0 Å². The number of carbonyl (C=O) groups excluding carboxylic acids is 3. The van der Waals surface area contributed by atoms with E-state index in [9.17, 15) is 14.4 Å². The Bertz CT molecular complexity index is 873. The smallest absolute Gasteiger partial charge is 0.355 e. The zero-order chi connectivity index (χ0) is 21.2. The number of hydrogen-bond acceptors (Lipinski definition) is 6. The van der Waals surface area contributed by atoms with Gasteiger partial charge >= 0.3 is 5.97 Å². The molecule has 2 rings (SSSR count). The Hall–Kier alpha value is -3.42. The highest BCUT2D eigenvalue weighted by Crippen LogP contribution is 2.14. The normalized spacial score (nSPS) is 12.2. The second kappa shape index (κ2) is 10.8. The Morgan fingerprint density at radius 3 is 2.55 bits per heavy atom. The third-order valence-corrected chi connectivity index (χ3v) is 3.88. The molecule has 8 nitrogen and oxygen atoms in total. The molecule has 1 heterocycles. The number of nitrogens with zero attached hydrogens (tertiary/aromatic N) is 1. The molecule has 2 aromatic rings. The number of esters is 1. The number of amides is 2. The van der Waals surface area contributed by atoms with Crippen molar-refractivity contribution in [1.29, 1.82) is 0 Å². The SMILES string of the molecule is CCCCC(OC(=O)/C(=C/c1ccccc1)NC(C)=O)C(=O)Nc1cc(C)on1. The first-order chi connectivity index (χ1) is 13.9. The van der Waals surface area contributed by atoms with Crippen LogP contribution >= 0.6 is 0 Å². The van der Waals surface area contributed by atoms with Gasteiger partial charge in [-0.3, -0.25) is 9.59 Å². The Kier molecular flexibility index (Phi) is 8.14. The summed E-state index contributed by atoms with van der Waals surface area (Å²) in [5.41, 5.74) is 0.663. The second-order valence-corrected chi connectivity index (χ2v) is 6.50. The van der Waals surface area contributed by atoms with Crippen molar-refractivity contribution in [3.8, 4) is 0 Å². The number of benzene rings is 1. The van der Waals surface area contributed by atoms with Crippen LogP contribution in [0.25, 0.3) is 6.08 Å². The lowest BCUT2D eigenvalue weighted by atomic mass is 10.1. The molecule has 0 aliphatic heterocycles. The summed E-state index contributed by atoms with van der Waals surface area (Å²) in [6.07, 6.45) is 2.31. The molecule has 8 heteroatoms. The minimum Gasteiger partial charge on any atom is -0.448 e. The van der Waals surface area contributed by atoms with Crippen LogP contribution in [0.4, 0.5) is 5.82 Å². The number of nitrogens with one attached hydrogen (secondary N) is 2. The quantitative estimate of drug-likeness (QED) is 0.495. The van der Waals surface area contributed by atoms with E-state index < -0.39 is 23.9 Å². The third-order valence-electron chi connectivity index (χ3n) is 3.88. The summed E-state index contributed by atoms with van der Waals surface area (Å²) in [6, 6.07) is 10.6. The van der Waals surface area contributed by atoms with Gasteiger partial charge in [-0.1, -0.05) is 48.8 Å². The summed E-state index contributed by atoms with van der Waals surface area (Å²) in [5.74, 6) is -0.941. The van der Waals surface area contributed by atoms with E-state index in [0.717, 1.165) is 6.42 Å². The Balaban J connectivity index is 2.17. The summed E-state index contributed by atoms with van der Waals surface area (Å²) in [7, 11) is 0. The average molecular weight is 399 g/mol. The fraction of sp³-hybridized carbons (Fsp3) is 0.333. The van der Waals surface area contributed by atoms with Gasteiger partial charge in [0.2, 0.25) is 5.91 Å². The number of aromatic nitrogens is 1. The molecule has 1 aromatic carbocycles. The van der Waals surface area contributed by atoms with Gasteiger partial charge in [0.15, 0.2) is 11.9 Å². The van der Waals surface area contributed by atoms with Gasteiger partial charge < -0.3 is 19.9 Å². The predicted molar refractivity (Wildman–Crippen MR) is 108 cm³/mol. The monoisotopic (exact) mass is 399 g/mol. The highest BCUT2D eigenvalue weighted by atomic mass is 16.5. The van der Waals surface area contributed by atoms with Gasteiger partial charge in [0.25, 0.3) is 5.91 Å². The minimum absolute atomic E-state index is 0.0460. The van der Waals surface area contributed by atoms with Crippen molar-refractivity contribution in [3.63, 3.8) is 0 Å². The Morgan fingerprint density at radius 2 is 1.97 bits per heavy atom. The van der Waals surface area contributed by atoms with Gasteiger partial charge in [-0.05, 0) is 31.4 Å². The number of hydrogen-bond donors (Lipinski definition) is 2. The molecule has 1 aromatic heterocycles. The number of aryl methyl sites for hydroxylation is 1. The van der Waals surface area contributed by atoms with Gasteiger partial charge in [0, 0.05) is 13.0 Å². The second-order valence-electron chi connectivity index (χ2n) is 6.50.